The molecule has 0 heterocycles. The van der Waals surface area contributed by atoms with E-state index in [0.717, 1.165) is 9.87 Å². The fraction of sp³-hybridized carbons (Fsp3) is 0.680. The van der Waals surface area contributed by atoms with Crippen molar-refractivity contribution in [2.45, 2.75) is 96.5 Å². The Bertz CT molecular complexity index is 1010. The maximum atomic E-state index is 13.6. The van der Waals surface area contributed by atoms with Crippen LogP contribution in [0.15, 0.2) is 29.2 Å². The van der Waals surface area contributed by atoms with E-state index in [1.54, 1.807) is 39.8 Å². The number of hydrogen-bond donors (Lipinski definition) is 0. The molecular weight excluding hydrogens is 470 g/mol. The first-order chi connectivity index (χ1) is 15.3. The summed E-state index contributed by atoms with van der Waals surface area (Å²) < 4.78 is 40.1. The third kappa shape index (κ3) is 6.49. The maximum Gasteiger partial charge on any atom is 0.424 e. The van der Waals surface area contributed by atoms with Crippen molar-refractivity contribution >= 4 is 30.2 Å². The Balaban J connectivity index is 2.48. The van der Waals surface area contributed by atoms with Crippen molar-refractivity contribution in [3.05, 3.63) is 29.8 Å². The largest absolute Gasteiger partial charge is 0.443 e. The summed E-state index contributed by atoms with van der Waals surface area (Å²) >= 11 is 0. The van der Waals surface area contributed by atoms with Gasteiger partial charge in [-0.05, 0) is 58.0 Å². The number of benzene rings is 1. The van der Waals surface area contributed by atoms with Crippen LogP contribution < -0.4 is 0 Å². The van der Waals surface area contributed by atoms with E-state index >= 15 is 0 Å². The van der Waals surface area contributed by atoms with E-state index < -0.39 is 48.0 Å². The second kappa shape index (κ2) is 9.74. The summed E-state index contributed by atoms with van der Waals surface area (Å²) in [6.45, 7) is 19.1. The zero-order valence-electron chi connectivity index (χ0n) is 22.3. The molecule has 34 heavy (non-hydrogen) atoms. The van der Waals surface area contributed by atoms with E-state index in [9.17, 15) is 18.0 Å². The van der Waals surface area contributed by atoms with Gasteiger partial charge in [0.15, 0.2) is 8.32 Å². The number of hydrogen-bond acceptors (Lipinski definition) is 6. The van der Waals surface area contributed by atoms with Crippen molar-refractivity contribution in [3.63, 3.8) is 0 Å². The van der Waals surface area contributed by atoms with Crippen molar-refractivity contribution in [2.24, 2.45) is 11.8 Å². The second-order valence-corrected chi connectivity index (χ2v) is 18.5. The maximum absolute atomic E-state index is 13.6. The molecule has 0 spiro atoms. The lowest BCUT2D eigenvalue weighted by Gasteiger charge is -2.40. The lowest BCUT2D eigenvalue weighted by Crippen LogP contribution is -2.49. The Hall–Kier alpha value is -1.71. The number of sulfonamides is 1. The van der Waals surface area contributed by atoms with Gasteiger partial charge in [-0.1, -0.05) is 45.4 Å². The minimum absolute atomic E-state index is 0.00259. The highest BCUT2D eigenvalue weighted by atomic mass is 32.2. The van der Waals surface area contributed by atoms with Gasteiger partial charge in [0.05, 0.1) is 11.0 Å². The molecule has 0 radical (unpaired) electrons. The van der Waals surface area contributed by atoms with Gasteiger partial charge in [-0.25, -0.2) is 13.2 Å². The minimum Gasteiger partial charge on any atom is -0.443 e. The van der Waals surface area contributed by atoms with Crippen LogP contribution in [-0.4, -0.2) is 51.2 Å². The van der Waals surface area contributed by atoms with E-state index in [1.165, 1.54) is 12.1 Å². The summed E-state index contributed by atoms with van der Waals surface area (Å²) in [6.07, 6.45) is -1.20. The van der Waals surface area contributed by atoms with Crippen molar-refractivity contribution in [1.82, 2.24) is 4.31 Å². The molecule has 0 N–H and O–H groups in total. The minimum atomic E-state index is -4.21. The van der Waals surface area contributed by atoms with Crippen LogP contribution in [0.2, 0.25) is 18.1 Å². The zero-order chi connectivity index (χ0) is 26.3. The van der Waals surface area contributed by atoms with Crippen molar-refractivity contribution in [1.29, 1.82) is 0 Å². The molecular formula is C25H41NO6SSi. The third-order valence-corrected chi connectivity index (χ3v) is 13.1. The molecule has 192 valence electrons. The smallest absolute Gasteiger partial charge is 0.424 e. The monoisotopic (exact) mass is 511 g/mol. The van der Waals surface area contributed by atoms with E-state index in [2.05, 4.69) is 33.9 Å². The quantitative estimate of drug-likeness (QED) is 0.466. The van der Waals surface area contributed by atoms with Gasteiger partial charge in [-0.3, -0.25) is 4.79 Å². The number of Topliss-reactive ketones (excluding diaryl/α,β-unsaturated/α-hetero) is 1. The molecule has 3 unspecified atom stereocenters. The Labute approximate surface area is 206 Å². The van der Waals surface area contributed by atoms with Crippen molar-refractivity contribution in [3.8, 4) is 0 Å². The topological polar surface area (TPSA) is 90.0 Å². The van der Waals surface area contributed by atoms with E-state index in [-0.39, 0.29) is 28.7 Å². The number of ether oxygens (including phenoxy) is 1. The number of aryl methyl sites for hydroxylation is 1. The van der Waals surface area contributed by atoms with Gasteiger partial charge in [0.25, 0.3) is 10.0 Å². The molecule has 1 aromatic carbocycles. The molecule has 1 fully saturated rings. The third-order valence-electron chi connectivity index (χ3n) is 6.86. The highest BCUT2D eigenvalue weighted by Gasteiger charge is 2.49. The molecule has 0 aromatic heterocycles. The summed E-state index contributed by atoms with van der Waals surface area (Å²) in [5, 5.41) is -0.0781. The standard InChI is InChI=1S/C25H41NO6SSi/c1-17-11-13-19(14-12-17)33(29,30)26(23(28)31-24(3,4)5)16-20-18(2)21(27)15-22(20)32-34(9,10)25(6,7)8/h11-14,18,20,22H,15-16H2,1-10H3. The van der Waals surface area contributed by atoms with Gasteiger partial charge in [0.2, 0.25) is 0 Å². The molecule has 7 nitrogen and oxygen atoms in total. The SMILES string of the molecule is Cc1ccc(S(=O)(=O)N(CC2C(O[Si](C)(C)C(C)(C)C)CC(=O)C2C)C(=O)OC(C)(C)C)cc1. The zero-order valence-corrected chi connectivity index (χ0v) is 24.1. The average molecular weight is 512 g/mol. The van der Waals surface area contributed by atoms with Crippen LogP contribution in [-0.2, 0) is 24.0 Å². The van der Waals surface area contributed by atoms with Gasteiger partial charge >= 0.3 is 6.09 Å². The second-order valence-electron chi connectivity index (χ2n) is 11.9. The number of carbonyl (C=O) groups excluding carboxylic acids is 2. The van der Waals surface area contributed by atoms with E-state index in [1.807, 2.05) is 6.92 Å². The molecule has 1 aliphatic carbocycles. The predicted molar refractivity (Wildman–Crippen MR) is 136 cm³/mol. The molecule has 1 saturated carbocycles. The Kier molecular flexibility index (Phi) is 8.17. The Morgan fingerprint density at radius 1 is 1.09 bits per heavy atom. The Morgan fingerprint density at radius 2 is 1.62 bits per heavy atom. The number of ketones is 1. The molecule has 1 amide bonds. The van der Waals surface area contributed by atoms with Crippen LogP contribution in [0.1, 0.15) is 60.5 Å². The van der Waals surface area contributed by atoms with Crippen molar-refractivity contribution in [2.75, 3.05) is 6.54 Å². The summed E-state index contributed by atoms with van der Waals surface area (Å²) in [5.74, 6) is -0.882. The van der Waals surface area contributed by atoms with Crippen LogP contribution in [0.3, 0.4) is 0 Å². The number of amides is 1. The van der Waals surface area contributed by atoms with Crippen molar-refractivity contribution < 1.29 is 27.2 Å². The number of nitrogens with zero attached hydrogens (tertiary/aromatic N) is 1. The van der Waals surface area contributed by atoms with Gasteiger partial charge in [0.1, 0.15) is 11.4 Å². The molecule has 1 aliphatic rings. The van der Waals surface area contributed by atoms with Crippen LogP contribution in [0.25, 0.3) is 0 Å². The lowest BCUT2D eigenvalue weighted by atomic mass is 9.96. The number of carbonyl (C=O) groups is 2. The van der Waals surface area contributed by atoms with E-state index in [0.29, 0.717) is 0 Å². The van der Waals surface area contributed by atoms with Gasteiger partial charge in [-0.2, -0.15) is 4.31 Å². The van der Waals surface area contributed by atoms with Crippen LogP contribution in [0.4, 0.5) is 4.79 Å². The normalized spacial score (nSPS) is 22.1. The summed E-state index contributed by atoms with van der Waals surface area (Å²) in [4.78, 5) is 25.9. The fourth-order valence-electron chi connectivity index (χ4n) is 3.67. The molecule has 0 bridgehead atoms. The fourth-order valence-corrected chi connectivity index (χ4v) is 6.37. The summed E-state index contributed by atoms with van der Waals surface area (Å²) in [7, 11) is -6.45. The van der Waals surface area contributed by atoms with Gasteiger partial charge < -0.3 is 9.16 Å². The van der Waals surface area contributed by atoms with Gasteiger partial charge in [-0.15, -0.1) is 0 Å². The Morgan fingerprint density at radius 3 is 2.09 bits per heavy atom. The summed E-state index contributed by atoms with van der Waals surface area (Å²) in [6, 6.07) is 6.33. The number of rotatable bonds is 6. The predicted octanol–water partition coefficient (Wildman–Crippen LogP) is 5.54. The lowest BCUT2D eigenvalue weighted by molar-refractivity contribution is -0.120. The molecule has 0 aliphatic heterocycles. The first-order valence-electron chi connectivity index (χ1n) is 11.8. The molecule has 1 aromatic rings. The highest BCUT2D eigenvalue weighted by molar-refractivity contribution is 7.89. The first kappa shape index (κ1) is 28.5. The first-order valence-corrected chi connectivity index (χ1v) is 16.1. The summed E-state index contributed by atoms with van der Waals surface area (Å²) in [5.41, 5.74) is 0.0207. The average Bonchev–Trinajstić information content (AvgIpc) is 2.90. The van der Waals surface area contributed by atoms with E-state index in [4.69, 9.17) is 9.16 Å². The molecule has 9 heteroatoms. The van der Waals surface area contributed by atoms with Crippen LogP contribution in [0.5, 0.6) is 0 Å². The van der Waals surface area contributed by atoms with Crippen LogP contribution >= 0.6 is 0 Å². The van der Waals surface area contributed by atoms with Crippen LogP contribution in [0, 0.1) is 18.8 Å². The molecule has 0 saturated heterocycles. The molecule has 2 rings (SSSR count). The highest BCUT2D eigenvalue weighted by Crippen LogP contribution is 2.42. The van der Waals surface area contributed by atoms with Gasteiger partial charge in [0, 0.05) is 24.8 Å². The molecule has 3 atom stereocenters.